The third kappa shape index (κ3) is 3.54. The summed E-state index contributed by atoms with van der Waals surface area (Å²) in [4.78, 5) is 28.6. The lowest BCUT2D eigenvalue weighted by Crippen LogP contribution is -2.29. The predicted molar refractivity (Wildman–Crippen MR) is 125 cm³/mol. The van der Waals surface area contributed by atoms with E-state index in [0.717, 1.165) is 16.0 Å². The topological polar surface area (TPSA) is 76.1 Å². The number of anilines is 1. The highest BCUT2D eigenvalue weighted by Crippen LogP contribution is 2.45. The molecule has 0 aliphatic carbocycles. The molecule has 2 aromatic carbocycles. The molecule has 4 rings (SSSR count). The van der Waals surface area contributed by atoms with E-state index in [9.17, 15) is 14.7 Å². The summed E-state index contributed by atoms with van der Waals surface area (Å²) in [6, 6.07) is 13.5. The summed E-state index contributed by atoms with van der Waals surface area (Å²) < 4.78 is 10.7. The van der Waals surface area contributed by atoms with Crippen LogP contribution in [0.5, 0.6) is 11.5 Å². The number of thiophene rings is 1. The molecule has 1 atom stereocenters. The number of hydrogen-bond donors (Lipinski definition) is 1. The summed E-state index contributed by atoms with van der Waals surface area (Å²) in [6.07, 6.45) is 0. The number of aryl methyl sites for hydroxylation is 2. The second kappa shape index (κ2) is 8.51. The molecule has 1 fully saturated rings. The van der Waals surface area contributed by atoms with Gasteiger partial charge in [0.2, 0.25) is 0 Å². The summed E-state index contributed by atoms with van der Waals surface area (Å²) in [6.45, 7) is 3.77. The summed E-state index contributed by atoms with van der Waals surface area (Å²) in [5, 5.41) is 13.2. The number of Topliss-reactive ketones (excluding diaryl/α,β-unsaturated/α-hetero) is 1. The van der Waals surface area contributed by atoms with E-state index in [1.807, 2.05) is 37.4 Å². The van der Waals surface area contributed by atoms with Crippen molar-refractivity contribution >= 4 is 34.5 Å². The molecule has 1 N–H and O–H groups in total. The fourth-order valence-electron chi connectivity index (χ4n) is 4.10. The van der Waals surface area contributed by atoms with E-state index in [-0.39, 0.29) is 11.3 Å². The van der Waals surface area contributed by atoms with Gasteiger partial charge in [-0.2, -0.15) is 0 Å². The maximum absolute atomic E-state index is 13.2. The first-order valence-corrected chi connectivity index (χ1v) is 10.9. The van der Waals surface area contributed by atoms with Crippen LogP contribution in [-0.2, 0) is 9.59 Å². The van der Waals surface area contributed by atoms with Gasteiger partial charge in [0.05, 0.1) is 25.4 Å². The molecule has 2 heterocycles. The molecule has 7 heteroatoms. The number of carbonyl (C=O) groups excluding carboxylic acids is 2. The Morgan fingerprint density at radius 2 is 1.75 bits per heavy atom. The zero-order valence-electron chi connectivity index (χ0n) is 18.2. The molecule has 0 bridgehead atoms. The number of nitrogens with zero attached hydrogens (tertiary/aromatic N) is 1. The van der Waals surface area contributed by atoms with Crippen LogP contribution >= 0.6 is 11.3 Å². The van der Waals surface area contributed by atoms with E-state index in [1.165, 1.54) is 23.3 Å². The number of carbonyl (C=O) groups is 2. The summed E-state index contributed by atoms with van der Waals surface area (Å²) >= 11 is 1.42. The summed E-state index contributed by atoms with van der Waals surface area (Å²) in [5.41, 5.74) is 2.70. The van der Waals surface area contributed by atoms with Gasteiger partial charge in [-0.05, 0) is 66.8 Å². The van der Waals surface area contributed by atoms with E-state index in [1.54, 1.807) is 37.4 Å². The zero-order chi connectivity index (χ0) is 23.0. The molecule has 3 aromatic rings. The van der Waals surface area contributed by atoms with Gasteiger partial charge in [-0.3, -0.25) is 14.5 Å². The Morgan fingerprint density at radius 3 is 2.34 bits per heavy atom. The Morgan fingerprint density at radius 1 is 1.03 bits per heavy atom. The number of rotatable bonds is 5. The molecule has 32 heavy (non-hydrogen) atoms. The quantitative estimate of drug-likeness (QED) is 0.337. The smallest absolute Gasteiger partial charge is 0.300 e. The van der Waals surface area contributed by atoms with Gasteiger partial charge >= 0.3 is 0 Å². The van der Waals surface area contributed by atoms with Gasteiger partial charge in [-0.15, -0.1) is 11.3 Å². The molecular formula is C25H23NO5S. The SMILES string of the molecule is COc1ccc(N2C(=O)C(=O)/C(=C(\O)c3cc(C)cc(C)c3OC)C2c2cccs2)cc1. The number of ketones is 1. The van der Waals surface area contributed by atoms with Crippen molar-refractivity contribution in [1.82, 2.24) is 0 Å². The van der Waals surface area contributed by atoms with E-state index < -0.39 is 17.7 Å². The van der Waals surface area contributed by atoms with Crippen molar-refractivity contribution < 1.29 is 24.2 Å². The number of aliphatic hydroxyl groups excluding tert-OH is 1. The van der Waals surface area contributed by atoms with E-state index in [0.29, 0.717) is 22.7 Å². The largest absolute Gasteiger partial charge is 0.507 e. The normalized spacial score (nSPS) is 17.6. The Labute approximate surface area is 190 Å². The van der Waals surface area contributed by atoms with Crippen molar-refractivity contribution in [2.75, 3.05) is 19.1 Å². The lowest BCUT2D eigenvalue weighted by atomic mass is 9.96. The molecular weight excluding hydrogens is 426 g/mol. The third-order valence-electron chi connectivity index (χ3n) is 5.49. The minimum atomic E-state index is -0.756. The molecule has 0 spiro atoms. The first-order chi connectivity index (χ1) is 15.4. The van der Waals surface area contributed by atoms with E-state index in [4.69, 9.17) is 9.47 Å². The van der Waals surface area contributed by atoms with Crippen LogP contribution in [0.1, 0.15) is 27.6 Å². The summed E-state index contributed by atoms with van der Waals surface area (Å²) in [5.74, 6) is -0.579. The van der Waals surface area contributed by atoms with Crippen molar-refractivity contribution in [1.29, 1.82) is 0 Å². The molecule has 6 nitrogen and oxygen atoms in total. The number of amides is 1. The monoisotopic (exact) mass is 449 g/mol. The van der Waals surface area contributed by atoms with Gasteiger partial charge in [0.1, 0.15) is 23.3 Å². The van der Waals surface area contributed by atoms with Crippen LogP contribution in [0.4, 0.5) is 5.69 Å². The Hall–Kier alpha value is -3.58. The van der Waals surface area contributed by atoms with Crippen molar-refractivity contribution in [3.8, 4) is 11.5 Å². The average molecular weight is 450 g/mol. The summed E-state index contributed by atoms with van der Waals surface area (Å²) in [7, 11) is 3.07. The highest BCUT2D eigenvalue weighted by atomic mass is 32.1. The standard InChI is InChI=1S/C25H23NO5S/c1-14-12-15(2)24(31-4)18(13-14)22(27)20-21(19-6-5-11-32-19)26(25(29)23(20)28)16-7-9-17(30-3)10-8-16/h5-13,21,27H,1-4H3/b22-20-. The van der Waals surface area contributed by atoms with Crippen molar-refractivity contribution in [2.45, 2.75) is 19.9 Å². The fraction of sp³-hybridized carbons (Fsp3) is 0.200. The fourth-order valence-corrected chi connectivity index (χ4v) is 4.93. The first-order valence-electron chi connectivity index (χ1n) is 10.0. The number of aliphatic hydroxyl groups is 1. The second-order valence-electron chi connectivity index (χ2n) is 7.55. The molecule has 1 aliphatic rings. The van der Waals surface area contributed by atoms with Crippen LogP contribution in [0.25, 0.3) is 5.76 Å². The molecule has 1 amide bonds. The molecule has 0 saturated carbocycles. The van der Waals surface area contributed by atoms with Gasteiger partial charge in [0.15, 0.2) is 0 Å². The molecule has 1 unspecified atom stereocenters. The van der Waals surface area contributed by atoms with Crippen molar-refractivity contribution in [3.63, 3.8) is 0 Å². The Balaban J connectivity index is 1.95. The van der Waals surface area contributed by atoms with Crippen LogP contribution < -0.4 is 14.4 Å². The van der Waals surface area contributed by atoms with Gasteiger partial charge in [0.25, 0.3) is 11.7 Å². The minimum Gasteiger partial charge on any atom is -0.507 e. The molecule has 0 radical (unpaired) electrons. The number of ether oxygens (including phenoxy) is 2. The minimum absolute atomic E-state index is 0.0385. The molecule has 1 saturated heterocycles. The first kappa shape index (κ1) is 21.6. The van der Waals surface area contributed by atoms with Crippen LogP contribution in [-0.4, -0.2) is 31.0 Å². The van der Waals surface area contributed by atoms with Gasteiger partial charge < -0.3 is 14.6 Å². The van der Waals surface area contributed by atoms with Crippen LogP contribution in [0.2, 0.25) is 0 Å². The predicted octanol–water partition coefficient (Wildman–Crippen LogP) is 5.01. The Bertz CT molecular complexity index is 1210. The van der Waals surface area contributed by atoms with E-state index in [2.05, 4.69) is 0 Å². The van der Waals surface area contributed by atoms with E-state index >= 15 is 0 Å². The molecule has 1 aliphatic heterocycles. The lowest BCUT2D eigenvalue weighted by Gasteiger charge is -2.24. The number of hydrogen-bond acceptors (Lipinski definition) is 6. The number of benzene rings is 2. The van der Waals surface area contributed by atoms with Crippen molar-refractivity contribution in [2.24, 2.45) is 0 Å². The van der Waals surface area contributed by atoms with Crippen LogP contribution in [0.15, 0.2) is 59.5 Å². The third-order valence-corrected chi connectivity index (χ3v) is 6.41. The maximum atomic E-state index is 13.2. The van der Waals surface area contributed by atoms with Crippen LogP contribution in [0, 0.1) is 13.8 Å². The molecule has 1 aromatic heterocycles. The van der Waals surface area contributed by atoms with Crippen molar-refractivity contribution in [3.05, 3.63) is 81.1 Å². The van der Waals surface area contributed by atoms with Gasteiger partial charge in [-0.1, -0.05) is 12.1 Å². The van der Waals surface area contributed by atoms with Gasteiger partial charge in [0, 0.05) is 10.6 Å². The maximum Gasteiger partial charge on any atom is 0.300 e. The van der Waals surface area contributed by atoms with Gasteiger partial charge in [-0.25, -0.2) is 0 Å². The number of methoxy groups -OCH3 is 2. The highest BCUT2D eigenvalue weighted by molar-refractivity contribution is 7.10. The average Bonchev–Trinajstić information content (AvgIpc) is 3.40. The molecule has 164 valence electrons. The second-order valence-corrected chi connectivity index (χ2v) is 8.52. The Kier molecular flexibility index (Phi) is 5.76. The highest BCUT2D eigenvalue weighted by Gasteiger charge is 2.47. The lowest BCUT2D eigenvalue weighted by molar-refractivity contribution is -0.132. The van der Waals surface area contributed by atoms with Crippen LogP contribution in [0.3, 0.4) is 0 Å². The zero-order valence-corrected chi connectivity index (χ0v) is 19.0.